The summed E-state index contributed by atoms with van der Waals surface area (Å²) in [7, 11) is 0.133. The third-order valence-corrected chi connectivity index (χ3v) is 13.7. The van der Waals surface area contributed by atoms with Crippen LogP contribution in [0.4, 0.5) is 0 Å². The molecule has 0 N–H and O–H groups in total. The molecule has 0 spiro atoms. The largest absolute Gasteiger partial charge is 0.304 e. The average molecular weight is 1630 g/mol. The van der Waals surface area contributed by atoms with Crippen LogP contribution in [0.1, 0.15) is 1.43 Å². The summed E-state index contributed by atoms with van der Waals surface area (Å²) < 4.78 is 1.04. The first-order chi connectivity index (χ1) is 30.2. The maximum Gasteiger partial charge on any atom is 0.0167 e. The summed E-state index contributed by atoms with van der Waals surface area (Å²) in [5, 5.41) is 11.5. The van der Waals surface area contributed by atoms with Gasteiger partial charge in [-0.2, -0.15) is 0 Å². The summed E-state index contributed by atoms with van der Waals surface area (Å²) in [6, 6.07) is 82.5. The smallest absolute Gasteiger partial charge is 0.0167 e. The number of fused-ring (bicyclic) bond motifs is 2. The molecule has 8 aromatic carbocycles. The second kappa shape index (κ2) is 29.2. The molecule has 0 aliphatic rings. The normalized spacial score (nSPS) is 9.94. The maximum atomic E-state index is 4.70. The molecule has 10 heteroatoms. The molecular weight excluding hydrogens is 1580 g/mol. The third kappa shape index (κ3) is 15.2. The van der Waals surface area contributed by atoms with Gasteiger partial charge in [0.05, 0.1) is 0 Å². The molecular formula is C54H42BrI3Ir2N2P2-2. The van der Waals surface area contributed by atoms with Gasteiger partial charge in [-0.3, -0.25) is 0 Å². The van der Waals surface area contributed by atoms with Gasteiger partial charge in [0.1, 0.15) is 0 Å². The third-order valence-electron chi connectivity index (χ3n) is 9.53. The Labute approximate surface area is 457 Å². The first-order valence-electron chi connectivity index (χ1n) is 19.5. The van der Waals surface area contributed by atoms with Gasteiger partial charge in [0.25, 0.3) is 0 Å². The van der Waals surface area contributed by atoms with Crippen molar-refractivity contribution in [1.29, 1.82) is 0 Å². The fourth-order valence-corrected chi connectivity index (χ4v) is 10.5. The first-order valence-corrected chi connectivity index (χ1v) is 28.9. The Bertz CT molecular complexity index is 2820. The van der Waals surface area contributed by atoms with Gasteiger partial charge in [0, 0.05) is 91.3 Å². The summed E-state index contributed by atoms with van der Waals surface area (Å²) >= 11 is 7.72. The zero-order valence-corrected chi connectivity index (χ0v) is 48.9. The minimum absolute atomic E-state index is 0. The SMILES string of the molecule is Brc1cc[c-]c(-c2nccc3ccccc23)c1.I.II.[3HH].[Ir].[Ir].[c-]1ccc(P(c2ccccc2)c2ccccc2)cc1-c1nccc2ccccc12.c1ccc(Pc2ccccc2)cc1. The number of aromatic nitrogens is 2. The summed E-state index contributed by atoms with van der Waals surface area (Å²) in [5.41, 5.74) is 4.01. The van der Waals surface area contributed by atoms with E-state index in [9.17, 15) is 0 Å². The fraction of sp³-hybridized carbons (Fsp3) is 0. The maximum absolute atomic E-state index is 4.70. The molecule has 0 saturated heterocycles. The molecule has 2 heterocycles. The molecule has 0 aliphatic heterocycles. The van der Waals surface area contributed by atoms with Crippen LogP contribution in [0.5, 0.6) is 0 Å². The zero-order chi connectivity index (χ0) is 42.1. The number of benzene rings is 8. The zero-order valence-electron chi connectivity index (χ0n) is 34.0. The van der Waals surface area contributed by atoms with Crippen LogP contribution in [0.2, 0.25) is 0 Å². The van der Waals surface area contributed by atoms with Gasteiger partial charge in [-0.25, -0.2) is 0 Å². The average Bonchev–Trinajstić information content (AvgIpc) is 3.34. The van der Waals surface area contributed by atoms with E-state index >= 15 is 0 Å². The number of pyridine rings is 2. The second-order valence-corrected chi connectivity index (χ2v) is 18.0. The minimum Gasteiger partial charge on any atom is -0.304 e. The summed E-state index contributed by atoms with van der Waals surface area (Å²) in [5.74, 6) is 0. The van der Waals surface area contributed by atoms with Crippen molar-refractivity contribution in [2.75, 3.05) is 0 Å². The number of hydrogen-bond donors (Lipinski definition) is 0. The van der Waals surface area contributed by atoms with E-state index in [1.54, 1.807) is 0 Å². The van der Waals surface area contributed by atoms with Gasteiger partial charge in [-0.05, 0) is 74.2 Å². The summed E-state index contributed by atoms with van der Waals surface area (Å²) in [4.78, 5) is 9.17. The van der Waals surface area contributed by atoms with Crippen molar-refractivity contribution < 1.29 is 41.6 Å². The molecule has 10 rings (SSSR count). The molecule has 64 heavy (non-hydrogen) atoms. The molecule has 0 saturated carbocycles. The molecule has 326 valence electrons. The van der Waals surface area contributed by atoms with Gasteiger partial charge >= 0.3 is 0 Å². The van der Waals surface area contributed by atoms with E-state index in [-0.39, 0.29) is 65.6 Å². The van der Waals surface area contributed by atoms with Gasteiger partial charge in [0.15, 0.2) is 0 Å². The van der Waals surface area contributed by atoms with E-state index < -0.39 is 7.92 Å². The standard InChI is InChI=1S/C27H19NP.C15H9BrN.C12H11P.I2.HI.2Ir.H2/c1-3-12-23(13-4-1)29(24-14-5-2-6-15-24)25-16-9-11-22(20-25)27-26-17-8-7-10-21(26)18-19-28-27;16-13-6-3-5-12(10-13)15-14-7-2-1-4-11(14)8-9-17-15;1-3-7-11(8-4-1)13-12-9-5-2-6-10-12;1-2;;;;/h1-10,12-20H;1-4,6-10H;1-10,13H;;1H;;;1H/q2*-1;;;;;;/i;;;;;;;1+2. The molecule has 2 aromatic heterocycles. The van der Waals surface area contributed by atoms with Gasteiger partial charge < -0.3 is 9.97 Å². The van der Waals surface area contributed by atoms with Gasteiger partial charge in [-0.1, -0.05) is 204 Å². The van der Waals surface area contributed by atoms with Crippen LogP contribution in [0.15, 0.2) is 235 Å². The topological polar surface area (TPSA) is 25.8 Å². The van der Waals surface area contributed by atoms with Crippen molar-refractivity contribution in [3.63, 3.8) is 0 Å². The van der Waals surface area contributed by atoms with Crippen molar-refractivity contribution >= 4 is 142 Å². The number of rotatable bonds is 7. The van der Waals surface area contributed by atoms with Crippen LogP contribution in [-0.2, 0) is 40.2 Å². The quantitative estimate of drug-likeness (QED) is 0.0903. The Morgan fingerprint density at radius 3 is 1.30 bits per heavy atom. The Balaban J connectivity index is 0.000000268. The molecule has 10 aromatic rings. The van der Waals surface area contributed by atoms with Crippen molar-refractivity contribution in [1.82, 2.24) is 9.97 Å². The van der Waals surface area contributed by atoms with Gasteiger partial charge in [-0.15, -0.1) is 83.6 Å². The minimum atomic E-state index is -0.644. The molecule has 0 atom stereocenters. The predicted molar refractivity (Wildman–Crippen MR) is 304 cm³/mol. The first kappa shape index (κ1) is 54.0. The van der Waals surface area contributed by atoms with E-state index in [0.29, 0.717) is 0 Å². The van der Waals surface area contributed by atoms with E-state index in [4.69, 9.17) is 4.98 Å². The molecule has 0 bridgehead atoms. The van der Waals surface area contributed by atoms with Crippen molar-refractivity contribution in [2.45, 2.75) is 0 Å². The van der Waals surface area contributed by atoms with Crippen molar-refractivity contribution in [3.8, 4) is 22.5 Å². The van der Waals surface area contributed by atoms with Crippen LogP contribution in [0.25, 0.3) is 44.1 Å². The Kier molecular flexibility index (Phi) is 24.7. The van der Waals surface area contributed by atoms with E-state index in [1.165, 1.54) is 37.3 Å². The van der Waals surface area contributed by atoms with Crippen molar-refractivity contribution in [3.05, 3.63) is 247 Å². The van der Waals surface area contributed by atoms with Crippen LogP contribution in [0, 0.1) is 12.1 Å². The van der Waals surface area contributed by atoms with Crippen molar-refractivity contribution in [2.24, 2.45) is 0 Å². The Morgan fingerprint density at radius 1 is 0.453 bits per heavy atom. The predicted octanol–water partition coefficient (Wildman–Crippen LogP) is 14.9. The number of hydrogen-bond acceptors (Lipinski definition) is 2. The molecule has 0 unspecified atom stereocenters. The van der Waals surface area contributed by atoms with E-state index in [0.717, 1.165) is 46.3 Å². The monoisotopic (exact) mass is 1630 g/mol. The van der Waals surface area contributed by atoms with Crippen LogP contribution in [0.3, 0.4) is 0 Å². The number of nitrogens with zero attached hydrogens (tertiary/aromatic N) is 2. The number of halogens is 4. The fourth-order valence-electron chi connectivity index (χ4n) is 6.79. The summed E-state index contributed by atoms with van der Waals surface area (Å²) in [6.45, 7) is 0. The Hall–Kier alpha value is -2.59. The molecule has 0 aliphatic carbocycles. The van der Waals surface area contributed by atoms with E-state index in [2.05, 4.69) is 246 Å². The molecule has 2 radical (unpaired) electrons. The van der Waals surface area contributed by atoms with E-state index in [1.807, 2.05) is 54.9 Å². The molecule has 0 amide bonds. The van der Waals surface area contributed by atoms with Crippen LogP contribution in [-0.4, -0.2) is 9.97 Å². The Morgan fingerprint density at radius 2 is 0.844 bits per heavy atom. The van der Waals surface area contributed by atoms with Crippen LogP contribution < -0.4 is 26.5 Å². The molecule has 2 nitrogen and oxygen atoms in total. The second-order valence-electron chi connectivity index (χ2n) is 13.5. The molecule has 0 fully saturated rings. The summed E-state index contributed by atoms with van der Waals surface area (Å²) in [6.07, 6.45) is 3.72. The van der Waals surface area contributed by atoms with Gasteiger partial charge in [0.2, 0.25) is 0 Å². The van der Waals surface area contributed by atoms with Crippen LogP contribution >= 0.6 is 93.6 Å².